The zero-order chi connectivity index (χ0) is 20.9. The molecule has 4 nitrogen and oxygen atoms in total. The Morgan fingerprint density at radius 2 is 2.07 bits per heavy atom. The number of alkyl halides is 3. The summed E-state index contributed by atoms with van der Waals surface area (Å²) < 4.78 is 42.9. The van der Waals surface area contributed by atoms with Crippen molar-refractivity contribution in [3.05, 3.63) is 34.3 Å². The molecule has 3 rings (SSSR count). The molecule has 0 unspecified atom stereocenters. The quantitative estimate of drug-likeness (QED) is 0.659. The van der Waals surface area contributed by atoms with Crippen molar-refractivity contribution in [3.8, 4) is 0 Å². The van der Waals surface area contributed by atoms with Crippen LogP contribution in [0.4, 0.5) is 13.2 Å². The van der Waals surface area contributed by atoms with Gasteiger partial charge in [-0.05, 0) is 48.8 Å². The van der Waals surface area contributed by atoms with Crippen LogP contribution in [-0.2, 0) is 0 Å². The Kier molecular flexibility index (Phi) is 5.42. The van der Waals surface area contributed by atoms with Crippen LogP contribution >= 0.6 is 15.9 Å². The minimum atomic E-state index is -5.02. The number of hydrogen-bond acceptors (Lipinski definition) is 3. The van der Waals surface area contributed by atoms with Gasteiger partial charge in [0.15, 0.2) is 0 Å². The van der Waals surface area contributed by atoms with Gasteiger partial charge in [-0.15, -0.1) is 0 Å². The van der Waals surface area contributed by atoms with Crippen LogP contribution in [0, 0.1) is 17.3 Å². The standard InChI is InChI=1S/C20H24BrF3N2O2/c1-4-18(2,3)13-8-9-16-15(11-13)19(28,20(22,23)24)26(25-16)17(27)12-6-5-7-14(21)10-12/h5-7,10,13,15,28H,4,8-9,11H2,1-3H3/t13-,15+,19+/m1/s1. The van der Waals surface area contributed by atoms with Crippen LogP contribution < -0.4 is 0 Å². The first kappa shape index (κ1) is 21.3. The van der Waals surface area contributed by atoms with Gasteiger partial charge in [0, 0.05) is 15.7 Å². The number of hydrazone groups is 1. The molecule has 1 aliphatic heterocycles. The summed E-state index contributed by atoms with van der Waals surface area (Å²) in [4.78, 5) is 12.9. The van der Waals surface area contributed by atoms with E-state index in [-0.39, 0.29) is 34.0 Å². The van der Waals surface area contributed by atoms with Gasteiger partial charge in [0.25, 0.3) is 11.6 Å². The second-order valence-corrected chi connectivity index (χ2v) is 9.22. The highest BCUT2D eigenvalue weighted by molar-refractivity contribution is 9.10. The number of carbonyl (C=O) groups is 1. The molecule has 1 fully saturated rings. The van der Waals surface area contributed by atoms with Gasteiger partial charge in [0.05, 0.1) is 5.92 Å². The highest BCUT2D eigenvalue weighted by Gasteiger charge is 2.69. The molecule has 1 aromatic carbocycles. The molecule has 0 aromatic heterocycles. The zero-order valence-corrected chi connectivity index (χ0v) is 17.6. The molecule has 1 aliphatic carbocycles. The van der Waals surface area contributed by atoms with Gasteiger partial charge in [0.2, 0.25) is 0 Å². The molecule has 1 saturated carbocycles. The molecule has 1 heterocycles. The Hall–Kier alpha value is -1.41. The fourth-order valence-corrected chi connectivity index (χ4v) is 4.56. The Bertz CT molecular complexity index is 809. The fourth-order valence-electron chi connectivity index (χ4n) is 4.16. The van der Waals surface area contributed by atoms with Crippen molar-refractivity contribution in [2.24, 2.45) is 22.4 Å². The molecule has 1 amide bonds. The number of carbonyl (C=O) groups excluding carboxylic acids is 1. The van der Waals surface area contributed by atoms with Crippen LogP contribution in [0.1, 0.15) is 56.8 Å². The second kappa shape index (κ2) is 7.13. The van der Waals surface area contributed by atoms with Gasteiger partial charge < -0.3 is 5.11 Å². The van der Waals surface area contributed by atoms with E-state index < -0.39 is 23.7 Å². The van der Waals surface area contributed by atoms with Crippen LogP contribution in [0.2, 0.25) is 0 Å². The van der Waals surface area contributed by atoms with Crippen LogP contribution in [-0.4, -0.2) is 33.6 Å². The molecule has 1 N–H and O–H groups in total. The van der Waals surface area contributed by atoms with Crippen molar-refractivity contribution in [3.63, 3.8) is 0 Å². The van der Waals surface area contributed by atoms with Crippen LogP contribution in [0.25, 0.3) is 0 Å². The summed E-state index contributed by atoms with van der Waals surface area (Å²) >= 11 is 3.21. The fraction of sp³-hybridized carbons (Fsp3) is 0.600. The van der Waals surface area contributed by atoms with Crippen molar-refractivity contribution in [2.75, 3.05) is 0 Å². The van der Waals surface area contributed by atoms with Crippen molar-refractivity contribution in [2.45, 2.75) is 58.4 Å². The van der Waals surface area contributed by atoms with Gasteiger partial charge in [-0.3, -0.25) is 4.79 Å². The predicted molar refractivity (Wildman–Crippen MR) is 104 cm³/mol. The molecule has 0 bridgehead atoms. The molecule has 0 spiro atoms. The molecule has 154 valence electrons. The molecule has 2 aliphatic rings. The summed E-state index contributed by atoms with van der Waals surface area (Å²) in [6, 6.07) is 6.05. The lowest BCUT2D eigenvalue weighted by Gasteiger charge is -2.43. The van der Waals surface area contributed by atoms with E-state index >= 15 is 0 Å². The summed E-state index contributed by atoms with van der Waals surface area (Å²) in [5.74, 6) is -2.20. The molecule has 8 heteroatoms. The van der Waals surface area contributed by atoms with Crippen LogP contribution in [0.15, 0.2) is 33.8 Å². The van der Waals surface area contributed by atoms with Crippen molar-refractivity contribution < 1.29 is 23.1 Å². The minimum Gasteiger partial charge on any atom is -0.362 e. The van der Waals surface area contributed by atoms with E-state index in [2.05, 4.69) is 21.0 Å². The monoisotopic (exact) mass is 460 g/mol. The summed E-state index contributed by atoms with van der Waals surface area (Å²) in [6.07, 6.45) is -3.01. The average molecular weight is 461 g/mol. The summed E-state index contributed by atoms with van der Waals surface area (Å²) in [7, 11) is 0. The van der Waals surface area contributed by atoms with Gasteiger partial charge in [-0.2, -0.15) is 23.3 Å². The number of amides is 1. The van der Waals surface area contributed by atoms with Gasteiger partial charge in [-0.1, -0.05) is 49.2 Å². The zero-order valence-electron chi connectivity index (χ0n) is 16.1. The normalized spacial score (nSPS) is 28.1. The third kappa shape index (κ3) is 3.38. The number of aliphatic hydroxyl groups is 1. The molecule has 0 saturated heterocycles. The van der Waals surface area contributed by atoms with Crippen molar-refractivity contribution in [1.29, 1.82) is 0 Å². The van der Waals surface area contributed by atoms with E-state index in [4.69, 9.17) is 0 Å². The first-order valence-electron chi connectivity index (χ1n) is 9.38. The van der Waals surface area contributed by atoms with Gasteiger partial charge in [0.1, 0.15) is 0 Å². The van der Waals surface area contributed by atoms with E-state index in [1.54, 1.807) is 12.1 Å². The molecule has 28 heavy (non-hydrogen) atoms. The summed E-state index contributed by atoms with van der Waals surface area (Å²) in [5.41, 5.74) is -3.19. The smallest absolute Gasteiger partial charge is 0.362 e. The maximum atomic E-state index is 14.1. The number of nitrogens with zero attached hydrogens (tertiary/aromatic N) is 2. The Morgan fingerprint density at radius 3 is 2.64 bits per heavy atom. The highest BCUT2D eigenvalue weighted by Crippen LogP contribution is 2.52. The van der Waals surface area contributed by atoms with E-state index in [9.17, 15) is 23.1 Å². The first-order valence-corrected chi connectivity index (χ1v) is 10.2. The van der Waals surface area contributed by atoms with E-state index in [0.717, 1.165) is 6.42 Å². The average Bonchev–Trinajstić information content (AvgIpc) is 2.94. The van der Waals surface area contributed by atoms with E-state index in [0.29, 0.717) is 17.3 Å². The highest BCUT2D eigenvalue weighted by atomic mass is 79.9. The van der Waals surface area contributed by atoms with Crippen LogP contribution in [0.3, 0.4) is 0 Å². The topological polar surface area (TPSA) is 52.9 Å². The lowest BCUT2D eigenvalue weighted by Crippen LogP contribution is -2.62. The molecule has 3 atom stereocenters. The Labute approximate surface area is 170 Å². The number of benzene rings is 1. The van der Waals surface area contributed by atoms with E-state index in [1.807, 2.05) is 20.8 Å². The summed E-state index contributed by atoms with van der Waals surface area (Å²) in [5, 5.41) is 15.1. The second-order valence-electron chi connectivity index (χ2n) is 8.31. The number of fused-ring (bicyclic) bond motifs is 1. The predicted octanol–water partition coefficient (Wildman–Crippen LogP) is 5.36. The number of hydrogen-bond donors (Lipinski definition) is 1. The minimum absolute atomic E-state index is 0.0104. The maximum absolute atomic E-state index is 14.1. The summed E-state index contributed by atoms with van der Waals surface area (Å²) in [6.45, 7) is 6.08. The van der Waals surface area contributed by atoms with Gasteiger partial charge >= 0.3 is 6.18 Å². The molecular formula is C20H24BrF3N2O2. The Morgan fingerprint density at radius 1 is 1.39 bits per heavy atom. The first-order chi connectivity index (χ1) is 12.9. The third-order valence-corrected chi connectivity index (χ3v) is 6.90. The third-order valence-electron chi connectivity index (χ3n) is 6.41. The molecule has 1 aromatic rings. The van der Waals surface area contributed by atoms with Gasteiger partial charge in [-0.25, -0.2) is 0 Å². The lowest BCUT2D eigenvalue weighted by atomic mass is 9.64. The lowest BCUT2D eigenvalue weighted by molar-refractivity contribution is -0.314. The maximum Gasteiger partial charge on any atom is 0.439 e. The number of rotatable bonds is 3. The largest absolute Gasteiger partial charge is 0.439 e. The molecule has 0 radical (unpaired) electrons. The SMILES string of the molecule is CCC(C)(C)[C@@H]1CCC2=NN(C(=O)c3cccc(Br)c3)[C@@](O)(C(F)(F)F)[C@H]2C1. The number of halogens is 4. The Balaban J connectivity index is 2.01. The van der Waals surface area contributed by atoms with Crippen molar-refractivity contribution >= 4 is 27.5 Å². The molecular weight excluding hydrogens is 437 g/mol. The van der Waals surface area contributed by atoms with Crippen LogP contribution in [0.5, 0.6) is 0 Å². The van der Waals surface area contributed by atoms with Crippen molar-refractivity contribution in [1.82, 2.24) is 5.01 Å². The van der Waals surface area contributed by atoms with E-state index in [1.165, 1.54) is 12.1 Å².